The summed E-state index contributed by atoms with van der Waals surface area (Å²) in [5.41, 5.74) is 4.66. The van der Waals surface area contributed by atoms with Gasteiger partial charge < -0.3 is 5.32 Å². The predicted molar refractivity (Wildman–Crippen MR) is 74.2 cm³/mol. The van der Waals surface area contributed by atoms with Crippen LogP contribution < -0.4 is 5.32 Å². The third-order valence-corrected chi connectivity index (χ3v) is 3.67. The lowest BCUT2D eigenvalue weighted by atomic mass is 10.1. The molecular weight excluding hydrogens is 236 g/mol. The maximum absolute atomic E-state index is 4.35. The third-order valence-electron chi connectivity index (χ3n) is 3.67. The smallest absolute Gasteiger partial charge is 0.161 e. The Morgan fingerprint density at radius 1 is 1.21 bits per heavy atom. The summed E-state index contributed by atoms with van der Waals surface area (Å²) in [6.07, 6.45) is 3.01. The number of aryl methyl sites for hydroxylation is 1. The van der Waals surface area contributed by atoms with Crippen LogP contribution in [0.5, 0.6) is 0 Å². The van der Waals surface area contributed by atoms with E-state index in [1.807, 2.05) is 6.20 Å². The summed E-state index contributed by atoms with van der Waals surface area (Å²) in [7, 11) is 0. The van der Waals surface area contributed by atoms with Crippen LogP contribution in [0.15, 0.2) is 42.6 Å². The molecule has 1 aliphatic heterocycles. The molecular formula is C15H14N4. The molecule has 1 aliphatic rings. The molecule has 0 saturated carbocycles. The van der Waals surface area contributed by atoms with Crippen molar-refractivity contribution < 1.29 is 0 Å². The van der Waals surface area contributed by atoms with Gasteiger partial charge >= 0.3 is 0 Å². The minimum Gasteiger partial charge on any atom is -0.375 e. The molecule has 3 aromatic rings. The minimum absolute atomic E-state index is 0.204. The van der Waals surface area contributed by atoms with E-state index in [9.17, 15) is 0 Å². The summed E-state index contributed by atoms with van der Waals surface area (Å²) in [4.78, 5) is 0. The van der Waals surface area contributed by atoms with Crippen molar-refractivity contribution in [2.24, 2.45) is 0 Å². The van der Waals surface area contributed by atoms with E-state index >= 15 is 0 Å². The number of hydrogen-bond acceptors (Lipinski definition) is 3. The largest absolute Gasteiger partial charge is 0.375 e. The van der Waals surface area contributed by atoms with E-state index in [1.165, 1.54) is 16.8 Å². The van der Waals surface area contributed by atoms with Gasteiger partial charge in [0, 0.05) is 18.3 Å². The zero-order valence-electron chi connectivity index (χ0n) is 10.7. The van der Waals surface area contributed by atoms with E-state index in [0.717, 1.165) is 17.9 Å². The van der Waals surface area contributed by atoms with Crippen LogP contribution in [-0.2, 0) is 6.42 Å². The molecule has 0 fully saturated rings. The molecule has 3 heterocycles. The first-order valence-electron chi connectivity index (χ1n) is 6.47. The van der Waals surface area contributed by atoms with E-state index in [2.05, 4.69) is 63.2 Å². The van der Waals surface area contributed by atoms with Crippen molar-refractivity contribution in [1.82, 2.24) is 14.6 Å². The number of anilines is 1. The summed E-state index contributed by atoms with van der Waals surface area (Å²) in [5.74, 6) is 0.978. The highest BCUT2D eigenvalue weighted by molar-refractivity contribution is 5.57. The van der Waals surface area contributed by atoms with Gasteiger partial charge in [-0.3, -0.25) is 4.40 Å². The van der Waals surface area contributed by atoms with Crippen LogP contribution in [0, 0.1) is 6.92 Å². The Balaban J connectivity index is 1.77. The topological polar surface area (TPSA) is 42.2 Å². The second kappa shape index (κ2) is 3.82. The third kappa shape index (κ3) is 1.60. The molecule has 0 saturated heterocycles. The normalized spacial score (nSPS) is 17.4. The first-order chi connectivity index (χ1) is 9.31. The lowest BCUT2D eigenvalue weighted by Gasteiger charge is -2.09. The second-order valence-corrected chi connectivity index (χ2v) is 5.05. The first-order valence-corrected chi connectivity index (χ1v) is 6.47. The number of fused-ring (bicyclic) bond motifs is 2. The zero-order valence-corrected chi connectivity index (χ0v) is 10.7. The van der Waals surface area contributed by atoms with Crippen LogP contribution in [0.3, 0.4) is 0 Å². The van der Waals surface area contributed by atoms with Crippen LogP contribution in [-0.4, -0.2) is 14.6 Å². The van der Waals surface area contributed by atoms with Crippen LogP contribution in [0.2, 0.25) is 0 Å². The Hall–Kier alpha value is -2.36. The Labute approximate surface area is 111 Å². The van der Waals surface area contributed by atoms with Gasteiger partial charge in [0.1, 0.15) is 0 Å². The number of hydrogen-bond donors (Lipinski definition) is 1. The maximum Gasteiger partial charge on any atom is 0.161 e. The highest BCUT2D eigenvalue weighted by Crippen LogP contribution is 2.33. The van der Waals surface area contributed by atoms with Gasteiger partial charge in [-0.05, 0) is 36.2 Å². The fourth-order valence-corrected chi connectivity index (χ4v) is 2.70. The van der Waals surface area contributed by atoms with Gasteiger partial charge in [-0.25, -0.2) is 0 Å². The standard InChI is InChI=1S/C15H14N4/c1-10-6-7-19-14(8-10)17-18-15(19)13-9-11-4-2-3-5-12(11)16-13/h2-8,13,16H,9H2,1H3. The van der Waals surface area contributed by atoms with E-state index in [0.29, 0.717) is 0 Å². The lowest BCUT2D eigenvalue weighted by Crippen LogP contribution is -2.10. The SMILES string of the molecule is Cc1ccn2c(C3Cc4ccccc4N3)nnc2c1. The van der Waals surface area contributed by atoms with Crippen molar-refractivity contribution in [3.8, 4) is 0 Å². The highest BCUT2D eigenvalue weighted by Gasteiger charge is 2.25. The Morgan fingerprint density at radius 3 is 3.00 bits per heavy atom. The number of nitrogens with zero attached hydrogens (tertiary/aromatic N) is 3. The summed E-state index contributed by atoms with van der Waals surface area (Å²) in [6.45, 7) is 2.07. The molecule has 0 radical (unpaired) electrons. The molecule has 4 nitrogen and oxygen atoms in total. The zero-order chi connectivity index (χ0) is 12.8. The van der Waals surface area contributed by atoms with E-state index in [-0.39, 0.29) is 6.04 Å². The molecule has 0 bridgehead atoms. The maximum atomic E-state index is 4.35. The highest BCUT2D eigenvalue weighted by atomic mass is 15.3. The number of pyridine rings is 1. The Kier molecular flexibility index (Phi) is 2.12. The molecule has 0 aliphatic carbocycles. The van der Waals surface area contributed by atoms with Crippen molar-refractivity contribution >= 4 is 11.3 Å². The van der Waals surface area contributed by atoms with Gasteiger partial charge in [0.05, 0.1) is 6.04 Å². The van der Waals surface area contributed by atoms with Crippen molar-refractivity contribution in [2.75, 3.05) is 5.32 Å². The van der Waals surface area contributed by atoms with Crippen molar-refractivity contribution in [3.63, 3.8) is 0 Å². The molecule has 4 heteroatoms. The molecule has 1 aromatic carbocycles. The lowest BCUT2D eigenvalue weighted by molar-refractivity contribution is 0.734. The molecule has 4 rings (SSSR count). The van der Waals surface area contributed by atoms with Gasteiger partial charge in [0.2, 0.25) is 0 Å². The second-order valence-electron chi connectivity index (χ2n) is 5.05. The molecule has 2 aromatic heterocycles. The van der Waals surface area contributed by atoms with Crippen LogP contribution >= 0.6 is 0 Å². The van der Waals surface area contributed by atoms with Gasteiger partial charge in [-0.1, -0.05) is 18.2 Å². The molecule has 0 amide bonds. The summed E-state index contributed by atoms with van der Waals surface area (Å²) in [5, 5.41) is 12.1. The van der Waals surface area contributed by atoms with Crippen LogP contribution in [0.4, 0.5) is 5.69 Å². The van der Waals surface area contributed by atoms with E-state index in [1.54, 1.807) is 0 Å². The first kappa shape index (κ1) is 10.6. The van der Waals surface area contributed by atoms with Crippen molar-refractivity contribution in [2.45, 2.75) is 19.4 Å². The van der Waals surface area contributed by atoms with Gasteiger partial charge in [0.15, 0.2) is 11.5 Å². The predicted octanol–water partition coefficient (Wildman–Crippen LogP) is 2.75. The van der Waals surface area contributed by atoms with Gasteiger partial charge in [-0.2, -0.15) is 0 Å². The van der Waals surface area contributed by atoms with Gasteiger partial charge in [0.25, 0.3) is 0 Å². The summed E-state index contributed by atoms with van der Waals surface area (Å²) < 4.78 is 2.07. The number of rotatable bonds is 1. The molecule has 94 valence electrons. The van der Waals surface area contributed by atoms with Crippen molar-refractivity contribution in [1.29, 1.82) is 0 Å². The fraction of sp³-hybridized carbons (Fsp3) is 0.200. The Bertz CT molecular complexity index is 735. The van der Waals surface area contributed by atoms with E-state index in [4.69, 9.17) is 0 Å². The quantitative estimate of drug-likeness (QED) is 0.722. The molecule has 1 unspecified atom stereocenters. The Morgan fingerprint density at radius 2 is 2.11 bits per heavy atom. The number of benzene rings is 1. The average Bonchev–Trinajstić information content (AvgIpc) is 3.00. The van der Waals surface area contributed by atoms with E-state index < -0.39 is 0 Å². The minimum atomic E-state index is 0.204. The molecule has 19 heavy (non-hydrogen) atoms. The molecule has 1 atom stereocenters. The summed E-state index contributed by atoms with van der Waals surface area (Å²) in [6, 6.07) is 12.8. The average molecular weight is 250 g/mol. The van der Waals surface area contributed by atoms with Crippen LogP contribution in [0.25, 0.3) is 5.65 Å². The van der Waals surface area contributed by atoms with Gasteiger partial charge in [-0.15, -0.1) is 10.2 Å². The summed E-state index contributed by atoms with van der Waals surface area (Å²) >= 11 is 0. The van der Waals surface area contributed by atoms with Crippen molar-refractivity contribution in [3.05, 3.63) is 59.5 Å². The molecule has 1 N–H and O–H groups in total. The molecule has 0 spiro atoms. The number of aromatic nitrogens is 3. The number of nitrogens with one attached hydrogen (secondary N) is 1. The fourth-order valence-electron chi connectivity index (χ4n) is 2.70. The number of para-hydroxylation sites is 1. The monoisotopic (exact) mass is 250 g/mol. The van der Waals surface area contributed by atoms with Crippen LogP contribution in [0.1, 0.15) is 23.0 Å².